The minimum atomic E-state index is 0.123. The zero-order valence-electron chi connectivity index (χ0n) is 13.9. The third-order valence-corrected chi connectivity index (χ3v) is 6.70. The summed E-state index contributed by atoms with van der Waals surface area (Å²) in [4.78, 5) is 24.1. The number of carbonyl (C=O) groups excluding carboxylic acids is 1. The lowest BCUT2D eigenvalue weighted by atomic mass is 9.86. The number of likely N-dealkylation sites (N-methyl/N-ethyl adjacent to an activating group) is 1. The van der Waals surface area contributed by atoms with E-state index in [1.54, 1.807) is 11.3 Å². The van der Waals surface area contributed by atoms with Crippen LogP contribution >= 0.6 is 11.3 Å². The molecule has 3 fully saturated rings. The molecule has 1 spiro atoms. The Bertz CT molecular complexity index is 559. The van der Waals surface area contributed by atoms with Crippen LogP contribution in [-0.4, -0.2) is 66.0 Å². The topological polar surface area (TPSA) is 39.7 Å². The first-order valence-electron chi connectivity index (χ1n) is 8.80. The molecule has 1 aliphatic carbocycles. The number of piperazine rings is 1. The molecular weight excluding hydrogens is 308 g/mol. The van der Waals surface area contributed by atoms with Gasteiger partial charge in [0.1, 0.15) is 0 Å². The Hall–Kier alpha value is -1.14. The van der Waals surface area contributed by atoms with Gasteiger partial charge < -0.3 is 9.80 Å². The van der Waals surface area contributed by atoms with E-state index in [0.717, 1.165) is 56.6 Å². The van der Waals surface area contributed by atoms with Crippen LogP contribution in [0.4, 0.5) is 5.13 Å². The van der Waals surface area contributed by atoms with Gasteiger partial charge in [0.15, 0.2) is 5.13 Å². The lowest BCUT2D eigenvalue weighted by molar-refractivity contribution is -0.130. The summed E-state index contributed by atoms with van der Waals surface area (Å²) in [7, 11) is 2.24. The highest BCUT2D eigenvalue weighted by Gasteiger charge is 2.43. The Kier molecular flexibility index (Phi) is 4.05. The second kappa shape index (κ2) is 6.06. The number of hydrogen-bond donors (Lipinski definition) is 0. The molecule has 23 heavy (non-hydrogen) atoms. The van der Waals surface area contributed by atoms with E-state index in [1.165, 1.54) is 12.8 Å². The van der Waals surface area contributed by atoms with Crippen molar-refractivity contribution in [3.63, 3.8) is 0 Å². The van der Waals surface area contributed by atoms with Gasteiger partial charge in [-0.1, -0.05) is 0 Å². The molecule has 1 saturated carbocycles. The van der Waals surface area contributed by atoms with E-state index in [0.29, 0.717) is 12.3 Å². The molecule has 0 bridgehead atoms. The Labute approximate surface area is 142 Å². The molecule has 1 amide bonds. The number of anilines is 1. The number of thiazole rings is 1. The molecule has 0 N–H and O–H groups in total. The highest BCUT2D eigenvalue weighted by Crippen LogP contribution is 2.36. The van der Waals surface area contributed by atoms with Crippen LogP contribution < -0.4 is 4.90 Å². The van der Waals surface area contributed by atoms with Crippen molar-refractivity contribution in [1.29, 1.82) is 0 Å². The van der Waals surface area contributed by atoms with E-state index in [4.69, 9.17) is 0 Å². The molecule has 5 nitrogen and oxygen atoms in total. The van der Waals surface area contributed by atoms with Crippen LogP contribution in [0.2, 0.25) is 0 Å². The van der Waals surface area contributed by atoms with Crippen molar-refractivity contribution in [2.45, 2.75) is 37.6 Å². The molecule has 6 heteroatoms. The number of aromatic nitrogens is 1. The van der Waals surface area contributed by atoms with E-state index < -0.39 is 0 Å². The Morgan fingerprint density at radius 1 is 1.30 bits per heavy atom. The molecule has 1 aromatic rings. The highest BCUT2D eigenvalue weighted by atomic mass is 32.1. The maximum absolute atomic E-state index is 12.5. The van der Waals surface area contributed by atoms with Gasteiger partial charge in [0.2, 0.25) is 5.91 Å². The molecule has 3 aliphatic rings. The van der Waals surface area contributed by atoms with Gasteiger partial charge in [-0.2, -0.15) is 0 Å². The monoisotopic (exact) mass is 334 g/mol. The molecule has 1 aromatic heterocycles. The average molecular weight is 334 g/mol. The average Bonchev–Trinajstić information content (AvgIpc) is 3.24. The largest absolute Gasteiger partial charge is 0.345 e. The van der Waals surface area contributed by atoms with Crippen LogP contribution in [0.3, 0.4) is 0 Å². The first kappa shape index (κ1) is 15.4. The van der Waals surface area contributed by atoms with E-state index >= 15 is 0 Å². The summed E-state index contributed by atoms with van der Waals surface area (Å²) in [6.45, 7) is 5.00. The zero-order valence-corrected chi connectivity index (χ0v) is 14.7. The first-order chi connectivity index (χ1) is 11.2. The quantitative estimate of drug-likeness (QED) is 0.848. The third kappa shape index (κ3) is 3.11. The number of likely N-dealkylation sites (tertiary alicyclic amines) is 1. The number of amides is 1. The van der Waals surface area contributed by atoms with Gasteiger partial charge in [-0.15, -0.1) is 11.3 Å². The highest BCUT2D eigenvalue weighted by molar-refractivity contribution is 7.13. The predicted octanol–water partition coefficient (Wildman–Crippen LogP) is 2.06. The smallest absolute Gasteiger partial charge is 0.222 e. The second-order valence-corrected chi connectivity index (χ2v) is 8.29. The van der Waals surface area contributed by atoms with Crippen LogP contribution in [0, 0.1) is 5.92 Å². The molecule has 2 saturated heterocycles. The fourth-order valence-electron chi connectivity index (χ4n) is 4.03. The van der Waals surface area contributed by atoms with Crippen molar-refractivity contribution in [1.82, 2.24) is 14.8 Å². The molecule has 0 unspecified atom stereocenters. The third-order valence-electron chi connectivity index (χ3n) is 5.87. The van der Waals surface area contributed by atoms with Gasteiger partial charge in [-0.25, -0.2) is 4.98 Å². The van der Waals surface area contributed by atoms with Crippen molar-refractivity contribution in [2.75, 3.05) is 44.7 Å². The standard InChI is InChI=1S/C17H26N4OS/c1-19-9-10-21(16-18-7-11-23-16)13-17(19)5-4-15(22)20(8-6-17)12-14-2-3-14/h7,11,14H,2-6,8-10,12-13H2,1H3/t17-/m0/s1. The van der Waals surface area contributed by atoms with E-state index in [1.807, 2.05) is 11.6 Å². The molecule has 0 radical (unpaired) electrons. The second-order valence-electron chi connectivity index (χ2n) is 7.42. The first-order valence-corrected chi connectivity index (χ1v) is 9.68. The summed E-state index contributed by atoms with van der Waals surface area (Å²) < 4.78 is 0. The van der Waals surface area contributed by atoms with Gasteiger partial charge in [0, 0.05) is 56.3 Å². The van der Waals surface area contributed by atoms with Crippen LogP contribution in [0.15, 0.2) is 11.6 Å². The fourth-order valence-corrected chi connectivity index (χ4v) is 4.70. The minimum Gasteiger partial charge on any atom is -0.345 e. The van der Waals surface area contributed by atoms with E-state index in [2.05, 4.69) is 26.7 Å². The maximum Gasteiger partial charge on any atom is 0.222 e. The van der Waals surface area contributed by atoms with Gasteiger partial charge in [-0.3, -0.25) is 9.69 Å². The van der Waals surface area contributed by atoms with Crippen molar-refractivity contribution in [3.05, 3.63) is 11.6 Å². The molecule has 0 aromatic carbocycles. The predicted molar refractivity (Wildman–Crippen MR) is 92.8 cm³/mol. The van der Waals surface area contributed by atoms with Gasteiger partial charge >= 0.3 is 0 Å². The normalized spacial score (nSPS) is 30.0. The SMILES string of the molecule is CN1CCN(c2nccs2)C[C@@]12CCC(=O)N(CC1CC1)CC2. The van der Waals surface area contributed by atoms with Gasteiger partial charge in [0.05, 0.1) is 0 Å². The molecule has 1 atom stereocenters. The fraction of sp³-hybridized carbons (Fsp3) is 0.765. The summed E-state index contributed by atoms with van der Waals surface area (Å²) in [5.41, 5.74) is 0.123. The summed E-state index contributed by atoms with van der Waals surface area (Å²) >= 11 is 1.72. The van der Waals surface area contributed by atoms with E-state index in [9.17, 15) is 4.79 Å². The number of rotatable bonds is 3. The van der Waals surface area contributed by atoms with Crippen LogP contribution in [-0.2, 0) is 4.79 Å². The van der Waals surface area contributed by atoms with Crippen LogP contribution in [0.5, 0.6) is 0 Å². The van der Waals surface area contributed by atoms with Crippen molar-refractivity contribution >= 4 is 22.4 Å². The maximum atomic E-state index is 12.5. The summed E-state index contributed by atoms with van der Waals surface area (Å²) in [5, 5.41) is 3.18. The number of carbonyl (C=O) groups is 1. The Morgan fingerprint density at radius 2 is 2.17 bits per heavy atom. The van der Waals surface area contributed by atoms with Crippen LogP contribution in [0.25, 0.3) is 0 Å². The zero-order chi connectivity index (χ0) is 15.9. The number of nitrogens with zero attached hydrogens (tertiary/aromatic N) is 4. The van der Waals surface area contributed by atoms with Gasteiger partial charge in [0.25, 0.3) is 0 Å². The van der Waals surface area contributed by atoms with E-state index in [-0.39, 0.29) is 5.54 Å². The minimum absolute atomic E-state index is 0.123. The Balaban J connectivity index is 1.49. The molecular formula is C17H26N4OS. The Morgan fingerprint density at radius 3 is 2.91 bits per heavy atom. The summed E-state index contributed by atoms with van der Waals surface area (Å²) in [5.74, 6) is 1.15. The summed E-state index contributed by atoms with van der Waals surface area (Å²) in [6.07, 6.45) is 7.27. The lowest BCUT2D eigenvalue weighted by Gasteiger charge is -2.49. The molecule has 2 aliphatic heterocycles. The molecule has 126 valence electrons. The van der Waals surface area contributed by atoms with Crippen LogP contribution in [0.1, 0.15) is 32.1 Å². The van der Waals surface area contributed by atoms with Crippen molar-refractivity contribution in [3.8, 4) is 0 Å². The lowest BCUT2D eigenvalue weighted by Crippen LogP contribution is -2.61. The molecule has 4 rings (SSSR count). The number of hydrogen-bond acceptors (Lipinski definition) is 5. The summed E-state index contributed by atoms with van der Waals surface area (Å²) in [6, 6.07) is 0. The molecule has 3 heterocycles. The van der Waals surface area contributed by atoms with Crippen molar-refractivity contribution < 1.29 is 4.79 Å². The van der Waals surface area contributed by atoms with Crippen molar-refractivity contribution in [2.24, 2.45) is 5.92 Å². The van der Waals surface area contributed by atoms with Gasteiger partial charge in [-0.05, 0) is 38.6 Å².